The molecule has 0 radical (unpaired) electrons. The van der Waals surface area contributed by atoms with Crippen molar-refractivity contribution in [2.45, 2.75) is 39.0 Å². The van der Waals surface area contributed by atoms with Crippen LogP contribution < -0.4 is 0 Å². The van der Waals surface area contributed by atoms with E-state index in [4.69, 9.17) is 4.74 Å². The van der Waals surface area contributed by atoms with E-state index >= 15 is 0 Å². The SMILES string of the molecule is CCOC(=O)C[C@]1(C[N+](=O)[O-])[C@H]2CC[C@@H]3C[C@@H]2[C@@H]1C3. The zero-order chi connectivity index (χ0) is 13.6. The molecule has 3 fully saturated rings. The molecule has 0 N–H and O–H groups in total. The fraction of sp³-hybridized carbons (Fsp3) is 0.929. The molecule has 0 aliphatic heterocycles. The highest BCUT2D eigenvalue weighted by Crippen LogP contribution is 2.70. The lowest BCUT2D eigenvalue weighted by Gasteiger charge is -2.57. The van der Waals surface area contributed by atoms with Crippen LogP contribution >= 0.6 is 0 Å². The third kappa shape index (κ3) is 1.85. The Hall–Kier alpha value is -1.13. The maximum Gasteiger partial charge on any atom is 0.306 e. The largest absolute Gasteiger partial charge is 0.466 e. The molecular weight excluding hydrogens is 246 g/mol. The standard InChI is InChI=1S/C14H21NO4/c1-2-19-13(16)7-14(8-15(17)18)11-4-3-9-5-10(11)12(14)6-9/h9-12H,2-8H2,1H3/t9-,10+,11+,12+,14+/m1/s1. The highest BCUT2D eigenvalue weighted by Gasteiger charge is 2.68. The van der Waals surface area contributed by atoms with Crippen molar-refractivity contribution in [2.24, 2.45) is 29.1 Å². The minimum absolute atomic E-state index is 0.0512. The molecular formula is C14H21NO4. The Bertz CT molecular complexity index is 402. The number of fused-ring (bicyclic) bond motifs is 1. The van der Waals surface area contributed by atoms with E-state index in [1.165, 1.54) is 12.8 Å². The molecule has 0 aromatic carbocycles. The van der Waals surface area contributed by atoms with Gasteiger partial charge in [0.05, 0.1) is 18.4 Å². The number of ether oxygens (including phenoxy) is 1. The van der Waals surface area contributed by atoms with E-state index in [1.807, 2.05) is 0 Å². The molecule has 5 atom stereocenters. The summed E-state index contributed by atoms with van der Waals surface area (Å²) < 4.78 is 5.05. The van der Waals surface area contributed by atoms with E-state index < -0.39 is 5.41 Å². The van der Waals surface area contributed by atoms with Crippen LogP contribution in [0.4, 0.5) is 0 Å². The number of nitro groups is 1. The number of hydrogen-bond donors (Lipinski definition) is 0. The highest BCUT2D eigenvalue weighted by molar-refractivity contribution is 5.70. The Morgan fingerprint density at radius 3 is 2.84 bits per heavy atom. The molecule has 19 heavy (non-hydrogen) atoms. The molecule has 0 unspecified atom stereocenters. The van der Waals surface area contributed by atoms with E-state index in [0.29, 0.717) is 24.4 Å². The normalized spacial score (nSPS) is 42.6. The third-order valence-electron chi connectivity index (χ3n) is 5.79. The van der Waals surface area contributed by atoms with Crippen molar-refractivity contribution in [3.8, 4) is 0 Å². The Balaban J connectivity index is 1.82. The number of esters is 1. The van der Waals surface area contributed by atoms with Crippen LogP contribution in [0.1, 0.15) is 39.0 Å². The van der Waals surface area contributed by atoms with Crippen LogP contribution in [0.3, 0.4) is 0 Å². The van der Waals surface area contributed by atoms with Crippen molar-refractivity contribution in [3.63, 3.8) is 0 Å². The van der Waals surface area contributed by atoms with Crippen LogP contribution in [0.5, 0.6) is 0 Å². The van der Waals surface area contributed by atoms with Crippen molar-refractivity contribution in [2.75, 3.05) is 13.2 Å². The summed E-state index contributed by atoms with van der Waals surface area (Å²) in [6.45, 7) is 2.09. The molecule has 3 saturated carbocycles. The summed E-state index contributed by atoms with van der Waals surface area (Å²) in [7, 11) is 0. The second-order valence-electron chi connectivity index (χ2n) is 6.50. The van der Waals surface area contributed by atoms with E-state index in [2.05, 4.69) is 0 Å². The zero-order valence-corrected chi connectivity index (χ0v) is 11.3. The fourth-order valence-corrected chi connectivity index (χ4v) is 5.29. The summed E-state index contributed by atoms with van der Waals surface area (Å²) in [5.41, 5.74) is -0.397. The Kier molecular flexibility index (Phi) is 3.02. The predicted octanol–water partition coefficient (Wildman–Crippen LogP) is 2.27. The van der Waals surface area contributed by atoms with Gasteiger partial charge in [-0.25, -0.2) is 0 Å². The molecule has 0 amide bonds. The van der Waals surface area contributed by atoms with E-state index in [-0.39, 0.29) is 23.9 Å². The van der Waals surface area contributed by atoms with Crippen LogP contribution in [0.15, 0.2) is 0 Å². The van der Waals surface area contributed by atoms with Crippen molar-refractivity contribution < 1.29 is 14.5 Å². The Morgan fingerprint density at radius 2 is 2.16 bits per heavy atom. The topological polar surface area (TPSA) is 69.4 Å². The third-order valence-corrected chi connectivity index (χ3v) is 5.79. The molecule has 5 heteroatoms. The fourth-order valence-electron chi connectivity index (χ4n) is 5.29. The summed E-state index contributed by atoms with van der Waals surface area (Å²) in [5.74, 6) is 1.92. The van der Waals surface area contributed by atoms with Crippen LogP contribution in [-0.2, 0) is 9.53 Å². The molecule has 0 saturated heterocycles. The summed E-state index contributed by atoms with van der Waals surface area (Å²) in [4.78, 5) is 22.7. The lowest BCUT2D eigenvalue weighted by Crippen LogP contribution is -2.59. The maximum absolute atomic E-state index is 11.9. The summed E-state index contributed by atoms with van der Waals surface area (Å²) in [6, 6.07) is 0. The van der Waals surface area contributed by atoms with Gasteiger partial charge in [0.2, 0.25) is 6.54 Å². The van der Waals surface area contributed by atoms with Crippen molar-refractivity contribution in [3.05, 3.63) is 10.1 Å². The molecule has 0 spiro atoms. The van der Waals surface area contributed by atoms with Gasteiger partial charge >= 0.3 is 5.97 Å². The monoisotopic (exact) mass is 267 g/mol. The minimum Gasteiger partial charge on any atom is -0.466 e. The van der Waals surface area contributed by atoms with Crippen LogP contribution in [0.25, 0.3) is 0 Å². The summed E-state index contributed by atoms with van der Waals surface area (Å²) >= 11 is 0. The number of carbonyl (C=O) groups is 1. The lowest BCUT2D eigenvalue weighted by molar-refractivity contribution is -0.511. The molecule has 3 rings (SSSR count). The second-order valence-corrected chi connectivity index (χ2v) is 6.50. The Morgan fingerprint density at radius 1 is 1.37 bits per heavy atom. The molecule has 3 aliphatic carbocycles. The molecule has 5 nitrogen and oxygen atoms in total. The van der Waals surface area contributed by atoms with Crippen LogP contribution in [0.2, 0.25) is 0 Å². The molecule has 106 valence electrons. The van der Waals surface area contributed by atoms with Crippen molar-refractivity contribution >= 4 is 5.97 Å². The summed E-state index contributed by atoms with van der Waals surface area (Å²) in [6.07, 6.45) is 4.84. The number of nitrogens with zero attached hydrogens (tertiary/aromatic N) is 1. The van der Waals surface area contributed by atoms with Gasteiger partial charge in [0.25, 0.3) is 0 Å². The van der Waals surface area contributed by atoms with Gasteiger partial charge in [-0.05, 0) is 49.9 Å². The average molecular weight is 267 g/mol. The first-order valence-electron chi connectivity index (χ1n) is 7.34. The number of rotatable bonds is 5. The van der Waals surface area contributed by atoms with Gasteiger partial charge in [-0.15, -0.1) is 0 Å². The van der Waals surface area contributed by atoms with Crippen LogP contribution in [0, 0.1) is 39.2 Å². The minimum atomic E-state index is -0.397. The van der Waals surface area contributed by atoms with Crippen molar-refractivity contribution in [1.29, 1.82) is 0 Å². The predicted molar refractivity (Wildman–Crippen MR) is 68.0 cm³/mol. The number of carbonyl (C=O) groups excluding carboxylic acids is 1. The number of hydrogen-bond acceptors (Lipinski definition) is 4. The molecule has 0 aromatic heterocycles. The average Bonchev–Trinajstić information content (AvgIpc) is 2.52. The van der Waals surface area contributed by atoms with Gasteiger partial charge < -0.3 is 4.74 Å². The Labute approximate surface area is 112 Å². The molecule has 0 aromatic rings. The van der Waals surface area contributed by atoms with E-state index in [9.17, 15) is 14.9 Å². The van der Waals surface area contributed by atoms with Gasteiger partial charge in [-0.2, -0.15) is 0 Å². The quantitative estimate of drug-likeness (QED) is 0.435. The van der Waals surface area contributed by atoms with E-state index in [1.54, 1.807) is 6.92 Å². The summed E-state index contributed by atoms with van der Waals surface area (Å²) in [5, 5.41) is 11.1. The van der Waals surface area contributed by atoms with Crippen molar-refractivity contribution in [1.82, 2.24) is 0 Å². The first kappa shape index (κ1) is 12.9. The van der Waals surface area contributed by atoms with Gasteiger partial charge in [0.1, 0.15) is 0 Å². The molecule has 3 aliphatic rings. The maximum atomic E-state index is 11.9. The van der Waals surface area contributed by atoms with E-state index in [0.717, 1.165) is 18.8 Å². The zero-order valence-electron chi connectivity index (χ0n) is 11.3. The lowest BCUT2D eigenvalue weighted by atomic mass is 9.45. The van der Waals surface area contributed by atoms with Gasteiger partial charge in [0.15, 0.2) is 0 Å². The van der Waals surface area contributed by atoms with Gasteiger partial charge in [0, 0.05) is 4.92 Å². The second kappa shape index (κ2) is 4.46. The highest BCUT2D eigenvalue weighted by atomic mass is 16.6. The van der Waals surface area contributed by atoms with Gasteiger partial charge in [-0.1, -0.05) is 6.42 Å². The first-order chi connectivity index (χ1) is 9.06. The molecule has 2 bridgehead atoms. The van der Waals surface area contributed by atoms with Crippen LogP contribution in [-0.4, -0.2) is 24.0 Å². The molecule has 0 heterocycles. The first-order valence-corrected chi connectivity index (χ1v) is 7.34. The smallest absolute Gasteiger partial charge is 0.306 e. The van der Waals surface area contributed by atoms with Gasteiger partial charge in [-0.3, -0.25) is 14.9 Å².